The molecule has 1 heterocycles. The van der Waals surface area contributed by atoms with E-state index in [9.17, 15) is 0 Å². The van der Waals surface area contributed by atoms with E-state index >= 15 is 0 Å². The van der Waals surface area contributed by atoms with Crippen LogP contribution >= 0.6 is 12.4 Å². The first-order valence-corrected chi connectivity index (χ1v) is 4.48. The minimum absolute atomic E-state index is 0. The largest absolute Gasteiger partial charge is 0.325 e. The number of nitrogens with zero attached hydrogens (tertiary/aromatic N) is 3. The number of hydrogen-bond donors (Lipinski definition) is 1. The zero-order valence-corrected chi connectivity index (χ0v) is 9.24. The van der Waals surface area contributed by atoms with Gasteiger partial charge in [0.15, 0.2) is 0 Å². The van der Waals surface area contributed by atoms with E-state index in [1.165, 1.54) is 5.56 Å². The molecule has 5 heteroatoms. The van der Waals surface area contributed by atoms with E-state index in [0.29, 0.717) is 6.54 Å². The van der Waals surface area contributed by atoms with E-state index in [4.69, 9.17) is 5.73 Å². The lowest BCUT2D eigenvalue weighted by Gasteiger charge is -1.99. The van der Waals surface area contributed by atoms with E-state index in [1.807, 2.05) is 31.3 Å². The summed E-state index contributed by atoms with van der Waals surface area (Å²) in [5, 5.41) is 7.91. The Morgan fingerprint density at radius 2 is 2.20 bits per heavy atom. The van der Waals surface area contributed by atoms with Crippen molar-refractivity contribution in [1.29, 1.82) is 0 Å². The predicted molar refractivity (Wildman–Crippen MR) is 61.2 cm³/mol. The Labute approximate surface area is 94.5 Å². The summed E-state index contributed by atoms with van der Waals surface area (Å²) in [6.45, 7) is 2.47. The molecule has 0 fully saturated rings. The molecule has 0 bridgehead atoms. The Balaban J connectivity index is 0.00000112. The number of halogens is 1. The van der Waals surface area contributed by atoms with Crippen LogP contribution in [0.15, 0.2) is 30.5 Å². The van der Waals surface area contributed by atoms with E-state index in [1.54, 1.807) is 4.68 Å². The molecule has 0 saturated carbocycles. The molecule has 80 valence electrons. The van der Waals surface area contributed by atoms with E-state index in [-0.39, 0.29) is 12.4 Å². The van der Waals surface area contributed by atoms with Crippen molar-refractivity contribution in [2.75, 3.05) is 0 Å². The van der Waals surface area contributed by atoms with Crippen LogP contribution in [0.2, 0.25) is 0 Å². The molecule has 15 heavy (non-hydrogen) atoms. The molecule has 2 aromatic rings. The van der Waals surface area contributed by atoms with Gasteiger partial charge in [0.05, 0.1) is 17.6 Å². The molecule has 0 unspecified atom stereocenters. The maximum absolute atomic E-state index is 5.46. The van der Waals surface area contributed by atoms with Gasteiger partial charge in [-0.15, -0.1) is 17.5 Å². The van der Waals surface area contributed by atoms with Gasteiger partial charge in [0.25, 0.3) is 0 Å². The molecule has 0 spiro atoms. The fourth-order valence-electron chi connectivity index (χ4n) is 1.29. The van der Waals surface area contributed by atoms with Crippen molar-refractivity contribution >= 4 is 12.4 Å². The molecular formula is C10H13ClN4. The average molecular weight is 225 g/mol. The summed E-state index contributed by atoms with van der Waals surface area (Å²) in [4.78, 5) is 0. The van der Waals surface area contributed by atoms with Crippen LogP contribution in [0.25, 0.3) is 5.69 Å². The van der Waals surface area contributed by atoms with E-state index in [0.717, 1.165) is 11.4 Å². The second kappa shape index (κ2) is 4.91. The van der Waals surface area contributed by atoms with Gasteiger partial charge in [0.2, 0.25) is 0 Å². The Morgan fingerprint density at radius 3 is 2.80 bits per heavy atom. The highest BCUT2D eigenvalue weighted by atomic mass is 35.5. The molecule has 1 aromatic heterocycles. The topological polar surface area (TPSA) is 56.7 Å². The maximum Gasteiger partial charge on any atom is 0.0967 e. The first-order valence-electron chi connectivity index (χ1n) is 4.48. The van der Waals surface area contributed by atoms with Gasteiger partial charge >= 0.3 is 0 Å². The normalized spacial score (nSPS) is 9.73. The SMILES string of the molecule is Cc1cccc(-n2cc(CN)nn2)c1.Cl. The summed E-state index contributed by atoms with van der Waals surface area (Å²) in [7, 11) is 0. The smallest absolute Gasteiger partial charge is 0.0967 e. The Hall–Kier alpha value is -1.39. The summed E-state index contributed by atoms with van der Waals surface area (Å²) in [5.41, 5.74) is 8.47. The third kappa shape index (κ3) is 2.55. The Bertz CT molecular complexity index is 438. The molecule has 0 aliphatic carbocycles. The van der Waals surface area contributed by atoms with Crippen molar-refractivity contribution in [2.24, 2.45) is 5.73 Å². The van der Waals surface area contributed by atoms with Crippen LogP contribution in [0, 0.1) is 6.92 Å². The highest BCUT2D eigenvalue weighted by Gasteiger charge is 2.00. The lowest BCUT2D eigenvalue weighted by atomic mass is 10.2. The molecule has 4 nitrogen and oxygen atoms in total. The molecule has 0 amide bonds. The molecular weight excluding hydrogens is 212 g/mol. The first kappa shape index (κ1) is 11.7. The third-order valence-electron chi connectivity index (χ3n) is 2.02. The second-order valence-corrected chi connectivity index (χ2v) is 3.20. The number of nitrogens with two attached hydrogens (primary N) is 1. The van der Waals surface area contributed by atoms with Crippen molar-refractivity contribution in [3.8, 4) is 5.69 Å². The van der Waals surface area contributed by atoms with Crippen molar-refractivity contribution in [3.05, 3.63) is 41.7 Å². The summed E-state index contributed by atoms with van der Waals surface area (Å²) < 4.78 is 1.73. The number of benzene rings is 1. The lowest BCUT2D eigenvalue weighted by molar-refractivity contribution is 0.796. The van der Waals surface area contributed by atoms with Gasteiger partial charge in [-0.05, 0) is 24.6 Å². The maximum atomic E-state index is 5.46. The van der Waals surface area contributed by atoms with Crippen LogP contribution in [0.4, 0.5) is 0 Å². The van der Waals surface area contributed by atoms with Gasteiger partial charge in [-0.3, -0.25) is 0 Å². The molecule has 2 N–H and O–H groups in total. The molecule has 2 rings (SSSR count). The Morgan fingerprint density at radius 1 is 1.40 bits per heavy atom. The molecule has 0 atom stereocenters. The fourth-order valence-corrected chi connectivity index (χ4v) is 1.29. The third-order valence-corrected chi connectivity index (χ3v) is 2.02. The predicted octanol–water partition coefficient (Wildman–Crippen LogP) is 1.46. The van der Waals surface area contributed by atoms with Gasteiger partial charge in [0.1, 0.15) is 0 Å². The van der Waals surface area contributed by atoms with Crippen LogP contribution in [0.3, 0.4) is 0 Å². The summed E-state index contributed by atoms with van der Waals surface area (Å²) in [5.74, 6) is 0. The standard InChI is InChI=1S/C10H12N4.ClH/c1-8-3-2-4-10(5-8)14-7-9(6-11)12-13-14;/h2-5,7H,6,11H2,1H3;1H. The van der Waals surface area contributed by atoms with Crippen molar-refractivity contribution < 1.29 is 0 Å². The molecule has 1 aromatic carbocycles. The molecule has 0 saturated heterocycles. The van der Waals surface area contributed by atoms with Gasteiger partial charge in [-0.1, -0.05) is 17.3 Å². The van der Waals surface area contributed by atoms with E-state index < -0.39 is 0 Å². The zero-order chi connectivity index (χ0) is 9.97. The average Bonchev–Trinajstić information content (AvgIpc) is 2.66. The van der Waals surface area contributed by atoms with Crippen LogP contribution < -0.4 is 5.73 Å². The quantitative estimate of drug-likeness (QED) is 0.840. The number of aromatic nitrogens is 3. The fraction of sp³-hybridized carbons (Fsp3) is 0.200. The minimum atomic E-state index is 0. The van der Waals surface area contributed by atoms with Crippen LogP contribution in [0.5, 0.6) is 0 Å². The van der Waals surface area contributed by atoms with Gasteiger partial charge in [-0.25, -0.2) is 4.68 Å². The monoisotopic (exact) mass is 224 g/mol. The highest BCUT2D eigenvalue weighted by molar-refractivity contribution is 5.85. The van der Waals surface area contributed by atoms with Crippen LogP contribution in [0.1, 0.15) is 11.3 Å². The number of rotatable bonds is 2. The van der Waals surface area contributed by atoms with E-state index in [2.05, 4.69) is 16.4 Å². The lowest BCUT2D eigenvalue weighted by Crippen LogP contribution is -1.96. The minimum Gasteiger partial charge on any atom is -0.325 e. The summed E-state index contributed by atoms with van der Waals surface area (Å²) >= 11 is 0. The summed E-state index contributed by atoms with van der Waals surface area (Å²) in [6, 6.07) is 8.08. The van der Waals surface area contributed by atoms with Crippen molar-refractivity contribution in [2.45, 2.75) is 13.5 Å². The van der Waals surface area contributed by atoms with Crippen molar-refractivity contribution in [3.63, 3.8) is 0 Å². The van der Waals surface area contributed by atoms with Crippen molar-refractivity contribution in [1.82, 2.24) is 15.0 Å². The van der Waals surface area contributed by atoms with Crippen LogP contribution in [-0.4, -0.2) is 15.0 Å². The first-order chi connectivity index (χ1) is 6.79. The van der Waals surface area contributed by atoms with Crippen LogP contribution in [-0.2, 0) is 6.54 Å². The Kier molecular flexibility index (Phi) is 3.82. The van der Waals surface area contributed by atoms with Gasteiger partial charge in [-0.2, -0.15) is 0 Å². The summed E-state index contributed by atoms with van der Waals surface area (Å²) in [6.07, 6.45) is 1.84. The molecule has 0 radical (unpaired) electrons. The molecule has 0 aliphatic heterocycles. The second-order valence-electron chi connectivity index (χ2n) is 3.20. The zero-order valence-electron chi connectivity index (χ0n) is 8.42. The highest BCUT2D eigenvalue weighted by Crippen LogP contribution is 2.08. The molecule has 0 aliphatic rings. The number of hydrogen-bond acceptors (Lipinski definition) is 3. The number of aryl methyl sites for hydroxylation is 1. The van der Waals surface area contributed by atoms with Gasteiger partial charge < -0.3 is 5.73 Å². The van der Waals surface area contributed by atoms with Gasteiger partial charge in [0, 0.05) is 6.54 Å².